The van der Waals surface area contributed by atoms with Gasteiger partial charge < -0.3 is 10.1 Å². The van der Waals surface area contributed by atoms with Crippen molar-refractivity contribution >= 4 is 0 Å². The number of nitrogens with one attached hydrogen (secondary N) is 1. The van der Waals surface area contributed by atoms with Gasteiger partial charge >= 0.3 is 0 Å². The Morgan fingerprint density at radius 2 is 2.20 bits per heavy atom. The second-order valence-electron chi connectivity index (χ2n) is 3.54. The van der Waals surface area contributed by atoms with E-state index >= 15 is 0 Å². The Labute approximate surface area is 90.4 Å². The van der Waals surface area contributed by atoms with E-state index in [1.54, 1.807) is 20.1 Å². The van der Waals surface area contributed by atoms with E-state index in [4.69, 9.17) is 4.74 Å². The monoisotopic (exact) mass is 211 g/mol. The van der Waals surface area contributed by atoms with E-state index in [-0.39, 0.29) is 0 Å². The molecule has 2 nitrogen and oxygen atoms in total. The van der Waals surface area contributed by atoms with Crippen molar-refractivity contribution in [1.82, 2.24) is 5.32 Å². The fraction of sp³-hybridized carbons (Fsp3) is 0.500. The Morgan fingerprint density at radius 3 is 2.73 bits per heavy atom. The van der Waals surface area contributed by atoms with Gasteiger partial charge in [0, 0.05) is 0 Å². The van der Waals surface area contributed by atoms with Crippen LogP contribution in [0.4, 0.5) is 4.39 Å². The molecule has 0 saturated carbocycles. The molecule has 1 atom stereocenters. The maximum Gasteiger partial charge on any atom is 0.122 e. The molecule has 1 unspecified atom stereocenters. The van der Waals surface area contributed by atoms with Crippen molar-refractivity contribution in [2.24, 2.45) is 0 Å². The first-order valence-electron chi connectivity index (χ1n) is 5.14. The molecule has 0 spiro atoms. The molecule has 84 valence electrons. The summed E-state index contributed by atoms with van der Waals surface area (Å²) in [4.78, 5) is 0. The molecule has 1 aromatic rings. The molecular weight excluding hydrogens is 193 g/mol. The molecule has 0 bridgehead atoms. The maximum absolute atomic E-state index is 13.1. The lowest BCUT2D eigenvalue weighted by Crippen LogP contribution is -2.11. The number of alkyl halides is 1. The summed E-state index contributed by atoms with van der Waals surface area (Å²) in [5.74, 6) is 0.828. The number of ether oxygens (including phenoxy) is 1. The van der Waals surface area contributed by atoms with E-state index in [9.17, 15) is 4.39 Å². The molecule has 0 aliphatic rings. The van der Waals surface area contributed by atoms with E-state index in [1.165, 1.54) is 0 Å². The third kappa shape index (κ3) is 3.20. The zero-order valence-electron chi connectivity index (χ0n) is 9.51. The van der Waals surface area contributed by atoms with E-state index < -0.39 is 6.17 Å². The highest BCUT2D eigenvalue weighted by Gasteiger charge is 2.08. The maximum atomic E-state index is 13.1. The molecule has 0 saturated heterocycles. The highest BCUT2D eigenvalue weighted by atomic mass is 19.1. The predicted octanol–water partition coefficient (Wildman–Crippen LogP) is 2.49. The average Bonchev–Trinajstić information content (AvgIpc) is 2.25. The lowest BCUT2D eigenvalue weighted by molar-refractivity contribution is 0.372. The number of likely N-dealkylation sites (N-methyl/N-ethyl adjacent to an activating group) is 1. The van der Waals surface area contributed by atoms with Gasteiger partial charge in [-0.15, -0.1) is 0 Å². The average molecular weight is 211 g/mol. The van der Waals surface area contributed by atoms with Gasteiger partial charge in [-0.1, -0.05) is 6.07 Å². The number of halogens is 1. The van der Waals surface area contributed by atoms with Crippen molar-refractivity contribution < 1.29 is 9.13 Å². The molecule has 15 heavy (non-hydrogen) atoms. The third-order valence-corrected chi connectivity index (χ3v) is 2.41. The van der Waals surface area contributed by atoms with Gasteiger partial charge in [0.2, 0.25) is 0 Å². The van der Waals surface area contributed by atoms with E-state index in [0.717, 1.165) is 24.3 Å². The first-order valence-corrected chi connectivity index (χ1v) is 5.14. The second-order valence-corrected chi connectivity index (χ2v) is 3.54. The minimum Gasteiger partial charge on any atom is -0.496 e. The Morgan fingerprint density at radius 1 is 1.47 bits per heavy atom. The van der Waals surface area contributed by atoms with Gasteiger partial charge in [-0.2, -0.15) is 0 Å². The van der Waals surface area contributed by atoms with Crippen LogP contribution >= 0.6 is 0 Å². The normalized spacial score (nSPS) is 12.5. The number of hydrogen-bond acceptors (Lipinski definition) is 2. The SMILES string of the molecule is CNCCc1cc(C(C)F)ccc1OC. The van der Waals surface area contributed by atoms with Crippen molar-refractivity contribution in [2.75, 3.05) is 20.7 Å². The van der Waals surface area contributed by atoms with Gasteiger partial charge in [0.15, 0.2) is 0 Å². The summed E-state index contributed by atoms with van der Waals surface area (Å²) < 4.78 is 18.3. The van der Waals surface area contributed by atoms with E-state index in [0.29, 0.717) is 5.56 Å². The summed E-state index contributed by atoms with van der Waals surface area (Å²) in [6.45, 7) is 2.41. The zero-order valence-corrected chi connectivity index (χ0v) is 9.51. The Hall–Kier alpha value is -1.09. The van der Waals surface area contributed by atoms with Gasteiger partial charge in [0.05, 0.1) is 7.11 Å². The fourth-order valence-electron chi connectivity index (χ4n) is 1.50. The summed E-state index contributed by atoms with van der Waals surface area (Å²) in [7, 11) is 3.53. The summed E-state index contributed by atoms with van der Waals surface area (Å²) in [6, 6.07) is 5.48. The third-order valence-electron chi connectivity index (χ3n) is 2.41. The Balaban J connectivity index is 2.91. The fourth-order valence-corrected chi connectivity index (χ4v) is 1.50. The van der Waals surface area contributed by atoms with Crippen molar-refractivity contribution in [3.8, 4) is 5.75 Å². The van der Waals surface area contributed by atoms with E-state index in [1.807, 2.05) is 19.2 Å². The summed E-state index contributed by atoms with van der Waals surface area (Å²) in [6.07, 6.45) is -0.0792. The van der Waals surface area contributed by atoms with Crippen LogP contribution in [0.5, 0.6) is 5.75 Å². The highest BCUT2D eigenvalue weighted by molar-refractivity contribution is 5.38. The summed E-state index contributed by atoms with van der Waals surface area (Å²) >= 11 is 0. The quantitative estimate of drug-likeness (QED) is 0.808. The Bertz CT molecular complexity index is 312. The van der Waals surface area contributed by atoms with Crippen LogP contribution in [0.1, 0.15) is 24.2 Å². The van der Waals surface area contributed by atoms with E-state index in [2.05, 4.69) is 5.32 Å². The van der Waals surface area contributed by atoms with Crippen LogP contribution in [-0.4, -0.2) is 20.7 Å². The van der Waals surface area contributed by atoms with Gasteiger partial charge in [-0.05, 0) is 50.2 Å². The zero-order chi connectivity index (χ0) is 11.3. The molecule has 1 N–H and O–H groups in total. The van der Waals surface area contributed by atoms with Gasteiger partial charge in [-0.25, -0.2) is 4.39 Å². The lowest BCUT2D eigenvalue weighted by Gasteiger charge is -2.11. The lowest BCUT2D eigenvalue weighted by atomic mass is 10.0. The van der Waals surface area contributed by atoms with Crippen LogP contribution in [0.25, 0.3) is 0 Å². The molecule has 0 fully saturated rings. The molecule has 0 heterocycles. The highest BCUT2D eigenvalue weighted by Crippen LogP contribution is 2.25. The number of benzene rings is 1. The van der Waals surface area contributed by atoms with Gasteiger partial charge in [-0.3, -0.25) is 0 Å². The molecule has 1 aromatic carbocycles. The van der Waals surface area contributed by atoms with Gasteiger partial charge in [0.1, 0.15) is 11.9 Å². The predicted molar refractivity (Wildman–Crippen MR) is 60.1 cm³/mol. The molecule has 0 aromatic heterocycles. The number of methoxy groups -OCH3 is 1. The molecule has 0 radical (unpaired) electrons. The summed E-state index contributed by atoms with van der Waals surface area (Å²) in [5.41, 5.74) is 1.76. The van der Waals surface area contributed by atoms with Crippen LogP contribution < -0.4 is 10.1 Å². The molecule has 0 aliphatic heterocycles. The van der Waals surface area contributed by atoms with Crippen LogP contribution in [-0.2, 0) is 6.42 Å². The van der Waals surface area contributed by atoms with Crippen molar-refractivity contribution in [1.29, 1.82) is 0 Å². The number of hydrogen-bond donors (Lipinski definition) is 1. The first kappa shape index (κ1) is 12.0. The molecule has 0 aliphatic carbocycles. The van der Waals surface area contributed by atoms with Crippen molar-refractivity contribution in [3.05, 3.63) is 29.3 Å². The minimum absolute atomic E-state index is 0.710. The molecule has 1 rings (SSSR count). The number of rotatable bonds is 5. The topological polar surface area (TPSA) is 21.3 Å². The molecular formula is C12H18FNO. The van der Waals surface area contributed by atoms with Crippen molar-refractivity contribution in [2.45, 2.75) is 19.5 Å². The molecule has 0 amide bonds. The molecule has 3 heteroatoms. The largest absolute Gasteiger partial charge is 0.496 e. The van der Waals surface area contributed by atoms with Crippen LogP contribution in [0, 0.1) is 0 Å². The van der Waals surface area contributed by atoms with Crippen LogP contribution in [0.3, 0.4) is 0 Å². The minimum atomic E-state index is -0.927. The van der Waals surface area contributed by atoms with Crippen LogP contribution in [0.2, 0.25) is 0 Å². The standard InChI is InChI=1S/C12H18FNO/c1-9(13)10-4-5-12(15-3)11(8-10)6-7-14-2/h4-5,8-9,14H,6-7H2,1-3H3. The van der Waals surface area contributed by atoms with Gasteiger partial charge in [0.25, 0.3) is 0 Å². The first-order chi connectivity index (χ1) is 7.19. The smallest absolute Gasteiger partial charge is 0.122 e. The Kier molecular flexibility index (Phi) is 4.56. The second kappa shape index (κ2) is 5.71. The van der Waals surface area contributed by atoms with Crippen LogP contribution in [0.15, 0.2) is 18.2 Å². The van der Waals surface area contributed by atoms with Crippen molar-refractivity contribution in [3.63, 3.8) is 0 Å². The summed E-state index contributed by atoms with van der Waals surface area (Å²) in [5, 5.41) is 3.07.